The largest absolute Gasteiger partial charge is 0.452 e. The molecule has 1 aliphatic rings. The van der Waals surface area contributed by atoms with E-state index in [0.717, 1.165) is 18.2 Å². The number of carbonyl (C=O) groups is 2. The van der Waals surface area contributed by atoms with Gasteiger partial charge in [-0.25, -0.2) is 9.59 Å². The van der Waals surface area contributed by atoms with E-state index in [2.05, 4.69) is 5.32 Å². The number of nitrogens with zero attached hydrogens (tertiary/aromatic N) is 2. The van der Waals surface area contributed by atoms with Gasteiger partial charge in [-0.3, -0.25) is 20.2 Å². The van der Waals surface area contributed by atoms with Gasteiger partial charge in [0.1, 0.15) is 17.8 Å². The van der Waals surface area contributed by atoms with Gasteiger partial charge in [0.25, 0.3) is 11.4 Å². The van der Waals surface area contributed by atoms with Crippen molar-refractivity contribution < 1.29 is 43.5 Å². The first kappa shape index (κ1) is 29.1. The Morgan fingerprint density at radius 3 is 1.93 bits per heavy atom. The second kappa shape index (κ2) is 13.0. The van der Waals surface area contributed by atoms with E-state index in [1.807, 2.05) is 0 Å². The summed E-state index contributed by atoms with van der Waals surface area (Å²) in [4.78, 5) is 47.6. The summed E-state index contributed by atoms with van der Waals surface area (Å²) in [5, 5.41) is 35.9. The molecule has 0 bridgehead atoms. The van der Waals surface area contributed by atoms with Crippen LogP contribution in [-0.2, 0) is 18.9 Å². The van der Waals surface area contributed by atoms with Crippen LogP contribution in [0.4, 0.5) is 17.1 Å². The van der Waals surface area contributed by atoms with Crippen molar-refractivity contribution in [1.29, 1.82) is 0 Å². The number of rotatable bonds is 10. The maximum absolute atomic E-state index is 13.2. The van der Waals surface area contributed by atoms with Gasteiger partial charge in [0.2, 0.25) is 0 Å². The molecule has 1 fully saturated rings. The highest BCUT2D eigenvalue weighted by molar-refractivity contribution is 5.90. The lowest BCUT2D eigenvalue weighted by molar-refractivity contribution is -0.393. The van der Waals surface area contributed by atoms with Gasteiger partial charge in [-0.15, -0.1) is 0 Å². The quantitative estimate of drug-likeness (QED) is 0.207. The highest BCUT2D eigenvalue weighted by Gasteiger charge is 2.51. The summed E-state index contributed by atoms with van der Waals surface area (Å²) in [5.74, 6) is -1.64. The molecule has 3 aromatic rings. The van der Waals surface area contributed by atoms with Crippen molar-refractivity contribution in [1.82, 2.24) is 0 Å². The number of ether oxygens (including phenoxy) is 4. The number of hydrogen-bond donors (Lipinski definition) is 2. The standard InChI is InChI=1S/C27H25N3O11/c1-38-27-22(28-19-13-12-18(29(34)35)14-20(19)30(36)37)24(41-26(33)17-10-6-3-7-11-17)23(21(15-31)39-27)40-25(32)16-8-4-2-5-9-16/h2-14,21-24,27-28,31H,15H2,1H3/t21-,22-,23-,24-,27-/m1/s1. The molecule has 0 aliphatic carbocycles. The number of nitro benzene ring substituents is 2. The van der Waals surface area contributed by atoms with Gasteiger partial charge in [-0.1, -0.05) is 36.4 Å². The Kier molecular flexibility index (Phi) is 9.19. The Hall–Kier alpha value is -4.92. The van der Waals surface area contributed by atoms with Crippen LogP contribution < -0.4 is 5.32 Å². The number of methoxy groups -OCH3 is 1. The maximum atomic E-state index is 13.2. The maximum Gasteiger partial charge on any atom is 0.338 e. The van der Waals surface area contributed by atoms with E-state index in [-0.39, 0.29) is 16.8 Å². The van der Waals surface area contributed by atoms with Crippen LogP contribution in [0.3, 0.4) is 0 Å². The molecule has 2 N–H and O–H groups in total. The second-order valence-corrected chi connectivity index (χ2v) is 8.82. The Bertz CT molecular complexity index is 1400. The van der Waals surface area contributed by atoms with E-state index in [1.165, 1.54) is 31.4 Å². The summed E-state index contributed by atoms with van der Waals surface area (Å²) >= 11 is 0. The first-order valence-corrected chi connectivity index (χ1v) is 12.2. The van der Waals surface area contributed by atoms with Crippen molar-refractivity contribution >= 4 is 29.0 Å². The zero-order valence-corrected chi connectivity index (χ0v) is 21.5. The molecule has 1 aliphatic heterocycles. The number of hydrogen-bond acceptors (Lipinski definition) is 12. The fraction of sp³-hybridized carbons (Fsp3) is 0.259. The van der Waals surface area contributed by atoms with E-state index < -0.39 is 70.4 Å². The molecule has 14 nitrogen and oxygen atoms in total. The highest BCUT2D eigenvalue weighted by atomic mass is 16.7. The van der Waals surface area contributed by atoms with E-state index in [4.69, 9.17) is 18.9 Å². The van der Waals surface area contributed by atoms with Crippen LogP contribution in [0.1, 0.15) is 20.7 Å². The summed E-state index contributed by atoms with van der Waals surface area (Å²) in [6, 6.07) is 17.5. The molecule has 1 saturated heterocycles. The van der Waals surface area contributed by atoms with Crippen molar-refractivity contribution in [2.75, 3.05) is 19.0 Å². The van der Waals surface area contributed by atoms with Gasteiger partial charge in [-0.05, 0) is 30.3 Å². The average Bonchev–Trinajstić information content (AvgIpc) is 2.99. The van der Waals surface area contributed by atoms with Crippen LogP contribution in [-0.4, -0.2) is 71.3 Å². The van der Waals surface area contributed by atoms with Gasteiger partial charge in [0.15, 0.2) is 18.5 Å². The normalized spacial score (nSPS) is 21.9. The third-order valence-electron chi connectivity index (χ3n) is 6.27. The lowest BCUT2D eigenvalue weighted by atomic mass is 9.95. The summed E-state index contributed by atoms with van der Waals surface area (Å²) in [6.07, 6.45) is -5.37. The Morgan fingerprint density at radius 2 is 1.44 bits per heavy atom. The van der Waals surface area contributed by atoms with Gasteiger partial charge in [0, 0.05) is 13.2 Å². The van der Waals surface area contributed by atoms with Crippen molar-refractivity contribution in [3.63, 3.8) is 0 Å². The first-order valence-electron chi connectivity index (χ1n) is 12.2. The van der Waals surface area contributed by atoms with E-state index in [1.54, 1.807) is 36.4 Å². The SMILES string of the molecule is CO[C@@H]1O[C@H](CO)[C@@H](OC(=O)c2ccccc2)[C@H](OC(=O)c2ccccc2)[C@H]1Nc1ccc([N+](=O)[O-])cc1[N+](=O)[O-]. The Balaban J connectivity index is 1.76. The number of nitro groups is 2. The van der Waals surface area contributed by atoms with Crippen LogP contribution >= 0.6 is 0 Å². The molecular formula is C27H25N3O11. The van der Waals surface area contributed by atoms with Crippen molar-refractivity contribution in [2.45, 2.75) is 30.6 Å². The molecule has 0 amide bonds. The zero-order chi connectivity index (χ0) is 29.5. The van der Waals surface area contributed by atoms with Crippen LogP contribution in [0.15, 0.2) is 78.9 Å². The molecule has 4 rings (SSSR count). The predicted octanol–water partition coefficient (Wildman–Crippen LogP) is 3.10. The van der Waals surface area contributed by atoms with Crippen molar-refractivity contribution in [3.8, 4) is 0 Å². The summed E-state index contributed by atoms with van der Waals surface area (Å²) < 4.78 is 22.7. The molecule has 0 saturated carbocycles. The minimum absolute atomic E-state index is 0.154. The first-order chi connectivity index (χ1) is 19.7. The number of anilines is 1. The van der Waals surface area contributed by atoms with Gasteiger partial charge >= 0.3 is 11.9 Å². The molecule has 0 aromatic heterocycles. The van der Waals surface area contributed by atoms with Crippen LogP contribution in [0.5, 0.6) is 0 Å². The molecule has 0 radical (unpaired) electrons. The van der Waals surface area contributed by atoms with E-state index >= 15 is 0 Å². The number of aliphatic hydroxyl groups is 1. The second-order valence-electron chi connectivity index (χ2n) is 8.82. The number of non-ortho nitro benzene ring substituents is 1. The summed E-state index contributed by atoms with van der Waals surface area (Å²) in [6.45, 7) is -0.670. The average molecular weight is 568 g/mol. The Morgan fingerprint density at radius 1 is 0.878 bits per heavy atom. The third kappa shape index (κ3) is 6.63. The minimum Gasteiger partial charge on any atom is -0.452 e. The third-order valence-corrected chi connectivity index (χ3v) is 6.27. The number of benzene rings is 3. The van der Waals surface area contributed by atoms with Crippen LogP contribution in [0.2, 0.25) is 0 Å². The number of carbonyl (C=O) groups excluding carboxylic acids is 2. The van der Waals surface area contributed by atoms with Crippen LogP contribution in [0.25, 0.3) is 0 Å². The fourth-order valence-corrected chi connectivity index (χ4v) is 4.31. The summed E-state index contributed by atoms with van der Waals surface area (Å²) in [5.41, 5.74) is -1.03. The molecular weight excluding hydrogens is 542 g/mol. The molecule has 14 heteroatoms. The van der Waals surface area contributed by atoms with Gasteiger partial charge in [-0.2, -0.15) is 0 Å². The molecule has 3 aromatic carbocycles. The molecule has 41 heavy (non-hydrogen) atoms. The molecule has 0 unspecified atom stereocenters. The molecule has 214 valence electrons. The van der Waals surface area contributed by atoms with E-state index in [0.29, 0.717) is 0 Å². The predicted molar refractivity (Wildman–Crippen MR) is 141 cm³/mol. The van der Waals surface area contributed by atoms with Crippen molar-refractivity contribution in [2.24, 2.45) is 0 Å². The Labute approximate surface area is 232 Å². The number of nitrogens with one attached hydrogen (secondary N) is 1. The summed E-state index contributed by atoms with van der Waals surface area (Å²) in [7, 11) is 1.25. The van der Waals surface area contributed by atoms with Gasteiger partial charge < -0.3 is 29.4 Å². The van der Waals surface area contributed by atoms with Crippen LogP contribution in [0, 0.1) is 20.2 Å². The van der Waals surface area contributed by atoms with Gasteiger partial charge in [0.05, 0.1) is 33.6 Å². The molecule has 0 spiro atoms. The zero-order valence-electron chi connectivity index (χ0n) is 21.5. The lowest BCUT2D eigenvalue weighted by Gasteiger charge is -2.44. The molecule has 5 atom stereocenters. The lowest BCUT2D eigenvalue weighted by Crippen LogP contribution is -2.64. The molecule has 1 heterocycles. The van der Waals surface area contributed by atoms with Crippen molar-refractivity contribution in [3.05, 3.63) is 110 Å². The highest BCUT2D eigenvalue weighted by Crippen LogP contribution is 2.34. The topological polar surface area (TPSA) is 190 Å². The minimum atomic E-state index is -1.43. The number of aliphatic hydroxyl groups excluding tert-OH is 1. The monoisotopic (exact) mass is 567 g/mol. The fourth-order valence-electron chi connectivity index (χ4n) is 4.31. The smallest absolute Gasteiger partial charge is 0.338 e. The van der Waals surface area contributed by atoms with E-state index in [9.17, 15) is 34.9 Å². The number of esters is 2.